The van der Waals surface area contributed by atoms with Crippen molar-refractivity contribution in [3.05, 3.63) is 17.2 Å². The van der Waals surface area contributed by atoms with Gasteiger partial charge in [0.05, 0.1) is 5.69 Å². The second kappa shape index (κ2) is 6.48. The lowest BCUT2D eigenvalue weighted by atomic mass is 10.2. The van der Waals surface area contributed by atoms with E-state index in [9.17, 15) is 4.21 Å². The molecule has 0 aliphatic carbocycles. The Morgan fingerprint density at radius 2 is 2.33 bits per heavy atom. The van der Waals surface area contributed by atoms with E-state index in [1.807, 2.05) is 0 Å². The maximum atomic E-state index is 11.1. The van der Waals surface area contributed by atoms with Gasteiger partial charge in [-0.2, -0.15) is 0 Å². The van der Waals surface area contributed by atoms with Crippen LogP contribution in [0.5, 0.6) is 0 Å². The van der Waals surface area contributed by atoms with Crippen molar-refractivity contribution >= 4 is 10.8 Å². The summed E-state index contributed by atoms with van der Waals surface area (Å²) in [5.41, 5.74) is 2.63. The number of rotatable bonds is 6. The smallest absolute Gasteiger partial charge is 0.109 e. The number of aryl methyl sites for hydroxylation is 1. The third-order valence-corrected chi connectivity index (χ3v) is 4.22. The van der Waals surface area contributed by atoms with Gasteiger partial charge >= 0.3 is 0 Å². The molecule has 1 aliphatic heterocycles. The number of hydrogen-bond acceptors (Lipinski definition) is 3. The van der Waals surface area contributed by atoms with E-state index in [2.05, 4.69) is 16.8 Å². The Balaban J connectivity index is 2.13. The van der Waals surface area contributed by atoms with Crippen molar-refractivity contribution in [1.29, 1.82) is 0 Å². The third-order valence-electron chi connectivity index (χ3n) is 3.35. The highest BCUT2D eigenvalue weighted by Crippen LogP contribution is 2.18. The lowest BCUT2D eigenvalue weighted by molar-refractivity contribution is 0.569. The first-order valence-corrected chi connectivity index (χ1v) is 8.53. The van der Waals surface area contributed by atoms with E-state index in [-0.39, 0.29) is 0 Å². The molecule has 5 heteroatoms. The van der Waals surface area contributed by atoms with Crippen LogP contribution >= 0.6 is 0 Å². The molecule has 2 heterocycles. The summed E-state index contributed by atoms with van der Waals surface area (Å²) in [6.45, 7) is 5.11. The summed E-state index contributed by atoms with van der Waals surface area (Å²) < 4.78 is 13.5. The minimum absolute atomic E-state index is 0.685. The van der Waals surface area contributed by atoms with Gasteiger partial charge in [-0.3, -0.25) is 4.21 Å². The average Bonchev–Trinajstić information content (AvgIpc) is 2.68. The molecule has 1 atom stereocenters. The van der Waals surface area contributed by atoms with Crippen LogP contribution in [0, 0.1) is 0 Å². The zero-order chi connectivity index (χ0) is 13.0. The lowest BCUT2D eigenvalue weighted by Gasteiger charge is -2.16. The van der Waals surface area contributed by atoms with E-state index in [1.165, 1.54) is 17.2 Å². The minimum atomic E-state index is -0.685. The summed E-state index contributed by atoms with van der Waals surface area (Å²) in [5.74, 6) is 2.00. The molecule has 102 valence electrons. The highest BCUT2D eigenvalue weighted by Gasteiger charge is 2.18. The van der Waals surface area contributed by atoms with Gasteiger partial charge in [-0.05, 0) is 12.8 Å². The molecule has 0 aromatic carbocycles. The number of imidazole rings is 1. The van der Waals surface area contributed by atoms with E-state index in [4.69, 9.17) is 4.98 Å². The molecule has 0 saturated heterocycles. The highest BCUT2D eigenvalue weighted by atomic mass is 32.2. The fourth-order valence-electron chi connectivity index (χ4n) is 2.53. The summed E-state index contributed by atoms with van der Waals surface area (Å²) in [5, 5.41) is 3.37. The van der Waals surface area contributed by atoms with Crippen molar-refractivity contribution in [3.63, 3.8) is 0 Å². The van der Waals surface area contributed by atoms with Crippen LogP contribution in [0.4, 0.5) is 0 Å². The third kappa shape index (κ3) is 3.20. The molecule has 4 nitrogen and oxygen atoms in total. The molecule has 0 saturated carbocycles. The molecular formula is C13H23N3OS. The first-order valence-electron chi connectivity index (χ1n) is 6.80. The molecule has 18 heavy (non-hydrogen) atoms. The fraction of sp³-hybridized carbons (Fsp3) is 0.769. The van der Waals surface area contributed by atoms with Crippen LogP contribution in [0.25, 0.3) is 0 Å². The van der Waals surface area contributed by atoms with E-state index < -0.39 is 10.8 Å². The molecule has 1 unspecified atom stereocenters. The Bertz CT molecular complexity index is 428. The van der Waals surface area contributed by atoms with Crippen molar-refractivity contribution in [2.75, 3.05) is 18.6 Å². The molecule has 1 N–H and O–H groups in total. The molecule has 1 aliphatic rings. The van der Waals surface area contributed by atoms with Crippen LogP contribution in [-0.4, -0.2) is 32.3 Å². The Morgan fingerprint density at radius 1 is 1.50 bits per heavy atom. The maximum absolute atomic E-state index is 11.1. The summed E-state index contributed by atoms with van der Waals surface area (Å²) in [4.78, 5) is 4.76. The van der Waals surface area contributed by atoms with Gasteiger partial charge in [0, 0.05) is 61.0 Å². The number of nitrogens with zero attached hydrogens (tertiary/aromatic N) is 2. The van der Waals surface area contributed by atoms with E-state index >= 15 is 0 Å². The number of aromatic nitrogens is 2. The largest absolute Gasteiger partial charge is 0.332 e. The minimum Gasteiger partial charge on any atom is -0.332 e. The van der Waals surface area contributed by atoms with E-state index in [0.29, 0.717) is 0 Å². The lowest BCUT2D eigenvalue weighted by Crippen LogP contribution is -2.25. The molecule has 0 radical (unpaired) electrons. The van der Waals surface area contributed by atoms with Crippen molar-refractivity contribution in [3.8, 4) is 0 Å². The molecule has 0 amide bonds. The quantitative estimate of drug-likeness (QED) is 0.845. The molecule has 1 aromatic heterocycles. The molecule has 0 fully saturated rings. The normalized spacial score (nSPS) is 16.6. The van der Waals surface area contributed by atoms with Gasteiger partial charge < -0.3 is 9.88 Å². The Labute approximate surface area is 112 Å². The zero-order valence-electron chi connectivity index (χ0n) is 11.4. The Kier molecular flexibility index (Phi) is 4.95. The van der Waals surface area contributed by atoms with Gasteiger partial charge in [-0.15, -0.1) is 0 Å². The highest BCUT2D eigenvalue weighted by molar-refractivity contribution is 7.84. The summed E-state index contributed by atoms with van der Waals surface area (Å²) >= 11 is 0. The number of hydrogen-bond donors (Lipinski definition) is 1. The van der Waals surface area contributed by atoms with Crippen LogP contribution < -0.4 is 5.32 Å². The first-order chi connectivity index (χ1) is 8.72. The monoisotopic (exact) mass is 269 g/mol. The molecule has 2 rings (SSSR count). The SMILES string of the molecule is CCCc1nc2c(n1CCCS(C)=O)CCNC2. The van der Waals surface area contributed by atoms with E-state index in [0.717, 1.165) is 51.1 Å². The molecule has 1 aromatic rings. The molecule has 0 bridgehead atoms. The second-order valence-corrected chi connectivity index (χ2v) is 6.44. The Morgan fingerprint density at radius 3 is 3.06 bits per heavy atom. The molecular weight excluding hydrogens is 246 g/mol. The predicted octanol–water partition coefficient (Wildman–Crippen LogP) is 1.25. The van der Waals surface area contributed by atoms with Crippen LogP contribution in [0.1, 0.15) is 37.0 Å². The van der Waals surface area contributed by atoms with E-state index in [1.54, 1.807) is 6.26 Å². The predicted molar refractivity (Wildman–Crippen MR) is 75.2 cm³/mol. The van der Waals surface area contributed by atoms with Crippen molar-refractivity contribution in [2.45, 2.75) is 45.7 Å². The summed E-state index contributed by atoms with van der Waals surface area (Å²) in [6, 6.07) is 0. The first kappa shape index (κ1) is 13.7. The number of nitrogens with one attached hydrogen (secondary N) is 1. The average molecular weight is 269 g/mol. The van der Waals surface area contributed by atoms with Gasteiger partial charge in [0.2, 0.25) is 0 Å². The van der Waals surface area contributed by atoms with Crippen molar-refractivity contribution in [2.24, 2.45) is 0 Å². The van der Waals surface area contributed by atoms with Crippen LogP contribution in [0.2, 0.25) is 0 Å². The van der Waals surface area contributed by atoms with Gasteiger partial charge in [0.1, 0.15) is 5.82 Å². The fourth-order valence-corrected chi connectivity index (χ4v) is 3.07. The van der Waals surface area contributed by atoms with Crippen LogP contribution in [-0.2, 0) is 36.7 Å². The van der Waals surface area contributed by atoms with Gasteiger partial charge in [0.15, 0.2) is 0 Å². The topological polar surface area (TPSA) is 46.9 Å². The standard InChI is InChI=1S/C13H23N3OS/c1-3-5-13-15-11-10-14-7-6-12(11)16(13)8-4-9-18(2)17/h14H,3-10H2,1-2H3. The van der Waals surface area contributed by atoms with Gasteiger partial charge in [-0.25, -0.2) is 4.98 Å². The second-order valence-electron chi connectivity index (χ2n) is 4.88. The van der Waals surface area contributed by atoms with Gasteiger partial charge in [-0.1, -0.05) is 6.92 Å². The maximum Gasteiger partial charge on any atom is 0.109 e. The van der Waals surface area contributed by atoms with Crippen molar-refractivity contribution in [1.82, 2.24) is 14.9 Å². The summed E-state index contributed by atoms with van der Waals surface area (Å²) in [7, 11) is -0.685. The van der Waals surface area contributed by atoms with Crippen LogP contribution in [0.15, 0.2) is 0 Å². The van der Waals surface area contributed by atoms with Crippen molar-refractivity contribution < 1.29 is 4.21 Å². The number of fused-ring (bicyclic) bond motifs is 1. The van der Waals surface area contributed by atoms with Crippen LogP contribution in [0.3, 0.4) is 0 Å². The van der Waals surface area contributed by atoms with Gasteiger partial charge in [0.25, 0.3) is 0 Å². The Hall–Kier alpha value is -0.680. The molecule has 0 spiro atoms. The zero-order valence-corrected chi connectivity index (χ0v) is 12.2. The summed E-state index contributed by atoms with van der Waals surface area (Å²) in [6.07, 6.45) is 6.00.